The van der Waals surface area contributed by atoms with E-state index in [1.54, 1.807) is 0 Å². The van der Waals surface area contributed by atoms with Gasteiger partial charge in [0.1, 0.15) is 11.3 Å². The molecule has 2 atom stereocenters. The molecule has 0 bridgehead atoms. The second kappa shape index (κ2) is 5.12. The fraction of sp³-hybridized carbons (Fsp3) is 0.467. The summed E-state index contributed by atoms with van der Waals surface area (Å²) in [5.41, 5.74) is 0.963. The van der Waals surface area contributed by atoms with E-state index in [0.717, 1.165) is 31.1 Å². The number of benzene rings is 1. The van der Waals surface area contributed by atoms with E-state index in [-0.39, 0.29) is 6.04 Å². The Kier molecular flexibility index (Phi) is 3.35. The van der Waals surface area contributed by atoms with E-state index in [1.165, 1.54) is 11.8 Å². The van der Waals surface area contributed by atoms with Crippen molar-refractivity contribution in [3.05, 3.63) is 36.1 Å². The average Bonchev–Trinajstić information content (AvgIpc) is 3.04. The molecule has 0 saturated carbocycles. The summed E-state index contributed by atoms with van der Waals surface area (Å²) in [5, 5.41) is 4.70. The highest BCUT2D eigenvalue weighted by molar-refractivity contribution is 5.77. The largest absolute Gasteiger partial charge is 0.459 e. The molecule has 0 radical (unpaired) electrons. The summed E-state index contributed by atoms with van der Waals surface area (Å²) in [4.78, 5) is 0. The van der Waals surface area contributed by atoms with Crippen molar-refractivity contribution in [2.45, 2.75) is 19.4 Å². The highest BCUT2D eigenvalue weighted by Gasteiger charge is 2.17. The fourth-order valence-electron chi connectivity index (χ4n) is 2.40. The number of nitrogens with one attached hydrogen (secondary N) is 1. The summed E-state index contributed by atoms with van der Waals surface area (Å²) >= 11 is 0. The average molecular weight is 245 g/mol. The van der Waals surface area contributed by atoms with E-state index in [1.807, 2.05) is 18.2 Å². The Morgan fingerprint density at radius 1 is 1.39 bits per heavy atom. The van der Waals surface area contributed by atoms with Gasteiger partial charge >= 0.3 is 0 Å². The lowest BCUT2D eigenvalue weighted by Gasteiger charge is -2.14. The Labute approximate surface area is 107 Å². The molecular formula is C15H19NO2. The van der Waals surface area contributed by atoms with Crippen LogP contribution >= 0.6 is 0 Å². The molecule has 3 heteroatoms. The van der Waals surface area contributed by atoms with Crippen molar-refractivity contribution in [2.24, 2.45) is 5.92 Å². The second-order valence-corrected chi connectivity index (χ2v) is 5.05. The normalized spacial score (nSPS) is 21.5. The highest BCUT2D eigenvalue weighted by atomic mass is 16.5. The molecule has 2 heterocycles. The number of rotatable bonds is 4. The third kappa shape index (κ3) is 2.42. The van der Waals surface area contributed by atoms with Crippen LogP contribution in [-0.4, -0.2) is 19.8 Å². The summed E-state index contributed by atoms with van der Waals surface area (Å²) in [7, 11) is 0. The molecule has 2 unspecified atom stereocenters. The molecule has 0 spiro atoms. The Balaban J connectivity index is 1.65. The van der Waals surface area contributed by atoms with Crippen molar-refractivity contribution >= 4 is 11.0 Å². The number of ether oxygens (including phenoxy) is 1. The van der Waals surface area contributed by atoms with Gasteiger partial charge in [-0.3, -0.25) is 0 Å². The van der Waals surface area contributed by atoms with Gasteiger partial charge in [0.2, 0.25) is 0 Å². The predicted octanol–water partition coefficient (Wildman–Crippen LogP) is 3.12. The molecule has 18 heavy (non-hydrogen) atoms. The monoisotopic (exact) mass is 245 g/mol. The van der Waals surface area contributed by atoms with Gasteiger partial charge in [0, 0.05) is 18.5 Å². The minimum absolute atomic E-state index is 0.248. The maximum atomic E-state index is 5.85. The SMILES string of the molecule is CC(NCC1CCOC1)c1cc2ccccc2o1. The topological polar surface area (TPSA) is 34.4 Å². The van der Waals surface area contributed by atoms with E-state index in [2.05, 4.69) is 24.4 Å². The van der Waals surface area contributed by atoms with Gasteiger partial charge in [-0.1, -0.05) is 18.2 Å². The van der Waals surface area contributed by atoms with Crippen LogP contribution in [0.4, 0.5) is 0 Å². The predicted molar refractivity (Wildman–Crippen MR) is 71.6 cm³/mol. The lowest BCUT2D eigenvalue weighted by molar-refractivity contribution is 0.184. The van der Waals surface area contributed by atoms with E-state index in [4.69, 9.17) is 9.15 Å². The summed E-state index contributed by atoms with van der Waals surface area (Å²) in [5.74, 6) is 1.66. The number of hydrogen-bond donors (Lipinski definition) is 1. The zero-order valence-corrected chi connectivity index (χ0v) is 10.7. The maximum Gasteiger partial charge on any atom is 0.134 e. The Morgan fingerprint density at radius 2 is 2.28 bits per heavy atom. The minimum atomic E-state index is 0.248. The van der Waals surface area contributed by atoms with Crippen molar-refractivity contribution in [2.75, 3.05) is 19.8 Å². The summed E-state index contributed by atoms with van der Waals surface area (Å²) in [6.45, 7) is 4.94. The third-order valence-electron chi connectivity index (χ3n) is 3.61. The summed E-state index contributed by atoms with van der Waals surface area (Å²) < 4.78 is 11.2. The van der Waals surface area contributed by atoms with Crippen LogP contribution in [0.3, 0.4) is 0 Å². The quantitative estimate of drug-likeness (QED) is 0.898. The molecule has 1 N–H and O–H groups in total. The van der Waals surface area contributed by atoms with Gasteiger partial charge in [0.15, 0.2) is 0 Å². The Bertz CT molecular complexity index is 481. The van der Waals surface area contributed by atoms with Crippen LogP contribution in [0, 0.1) is 5.92 Å². The van der Waals surface area contributed by atoms with Crippen LogP contribution in [0.15, 0.2) is 34.7 Å². The zero-order chi connectivity index (χ0) is 12.4. The summed E-state index contributed by atoms with van der Waals surface area (Å²) in [6.07, 6.45) is 1.17. The van der Waals surface area contributed by atoms with Gasteiger partial charge in [0.25, 0.3) is 0 Å². The van der Waals surface area contributed by atoms with Gasteiger partial charge < -0.3 is 14.5 Å². The number of furan rings is 1. The third-order valence-corrected chi connectivity index (χ3v) is 3.61. The molecule has 1 aliphatic rings. The van der Waals surface area contributed by atoms with Gasteiger partial charge in [-0.25, -0.2) is 0 Å². The lowest BCUT2D eigenvalue weighted by atomic mass is 10.1. The van der Waals surface area contributed by atoms with Crippen LogP contribution in [0.2, 0.25) is 0 Å². The van der Waals surface area contributed by atoms with Gasteiger partial charge in [-0.05, 0) is 31.4 Å². The maximum absolute atomic E-state index is 5.85. The first-order valence-corrected chi connectivity index (χ1v) is 6.62. The van der Waals surface area contributed by atoms with Crippen molar-refractivity contribution in [1.29, 1.82) is 0 Å². The highest BCUT2D eigenvalue weighted by Crippen LogP contribution is 2.24. The summed E-state index contributed by atoms with van der Waals surface area (Å²) in [6, 6.07) is 10.5. The molecular weight excluding hydrogens is 226 g/mol. The smallest absolute Gasteiger partial charge is 0.134 e. The van der Waals surface area contributed by atoms with E-state index < -0.39 is 0 Å². The van der Waals surface area contributed by atoms with Crippen LogP contribution < -0.4 is 5.32 Å². The van der Waals surface area contributed by atoms with Crippen LogP contribution in [0.25, 0.3) is 11.0 Å². The molecule has 1 aliphatic heterocycles. The second-order valence-electron chi connectivity index (χ2n) is 5.05. The first kappa shape index (κ1) is 11.8. The molecule has 0 amide bonds. The number of para-hydroxylation sites is 1. The van der Waals surface area contributed by atoms with Gasteiger partial charge in [0.05, 0.1) is 12.6 Å². The molecule has 1 fully saturated rings. The molecule has 1 aromatic carbocycles. The Hall–Kier alpha value is -1.32. The van der Waals surface area contributed by atoms with Crippen LogP contribution in [-0.2, 0) is 4.74 Å². The molecule has 3 nitrogen and oxygen atoms in total. The van der Waals surface area contributed by atoms with Crippen molar-refractivity contribution in [3.8, 4) is 0 Å². The van der Waals surface area contributed by atoms with Crippen LogP contribution in [0.5, 0.6) is 0 Å². The van der Waals surface area contributed by atoms with Crippen molar-refractivity contribution < 1.29 is 9.15 Å². The molecule has 3 rings (SSSR count). The van der Waals surface area contributed by atoms with Gasteiger partial charge in [-0.2, -0.15) is 0 Å². The number of fused-ring (bicyclic) bond motifs is 1. The van der Waals surface area contributed by atoms with Crippen LogP contribution in [0.1, 0.15) is 25.1 Å². The molecule has 0 aliphatic carbocycles. The zero-order valence-electron chi connectivity index (χ0n) is 10.7. The van der Waals surface area contributed by atoms with Gasteiger partial charge in [-0.15, -0.1) is 0 Å². The van der Waals surface area contributed by atoms with E-state index in [9.17, 15) is 0 Å². The first-order chi connectivity index (χ1) is 8.83. The van der Waals surface area contributed by atoms with E-state index in [0.29, 0.717) is 5.92 Å². The Morgan fingerprint density at radius 3 is 3.06 bits per heavy atom. The molecule has 96 valence electrons. The molecule has 2 aromatic rings. The fourth-order valence-corrected chi connectivity index (χ4v) is 2.40. The van der Waals surface area contributed by atoms with Crippen molar-refractivity contribution in [3.63, 3.8) is 0 Å². The lowest BCUT2D eigenvalue weighted by Crippen LogP contribution is -2.25. The first-order valence-electron chi connectivity index (χ1n) is 6.62. The minimum Gasteiger partial charge on any atom is -0.459 e. The standard InChI is InChI=1S/C15H19NO2/c1-11(16-9-12-6-7-17-10-12)15-8-13-4-2-3-5-14(13)18-15/h2-5,8,11-12,16H,6-7,9-10H2,1H3. The van der Waals surface area contributed by atoms with E-state index >= 15 is 0 Å². The molecule has 1 saturated heterocycles. The van der Waals surface area contributed by atoms with Crippen molar-refractivity contribution in [1.82, 2.24) is 5.32 Å². The number of hydrogen-bond acceptors (Lipinski definition) is 3. The molecule has 1 aromatic heterocycles.